The molecule has 40 heavy (non-hydrogen) atoms. The number of amides is 1. The average molecular weight is 534 g/mol. The van der Waals surface area contributed by atoms with Gasteiger partial charge in [0.2, 0.25) is 0 Å². The molecule has 0 saturated heterocycles. The van der Waals surface area contributed by atoms with Gasteiger partial charge in [0, 0.05) is 55.8 Å². The minimum Gasteiger partial charge on any atom is -0.496 e. The summed E-state index contributed by atoms with van der Waals surface area (Å²) >= 11 is 0. The van der Waals surface area contributed by atoms with Crippen LogP contribution in [-0.2, 0) is 32.6 Å². The van der Waals surface area contributed by atoms with Crippen LogP contribution in [0.2, 0.25) is 0 Å². The Balaban J connectivity index is 1.25. The van der Waals surface area contributed by atoms with E-state index in [0.717, 1.165) is 65.8 Å². The first-order chi connectivity index (χ1) is 19.7. The summed E-state index contributed by atoms with van der Waals surface area (Å²) in [4.78, 5) is 16.0. The van der Waals surface area contributed by atoms with Crippen LogP contribution < -0.4 is 15.8 Å². The van der Waals surface area contributed by atoms with Crippen molar-refractivity contribution in [2.75, 3.05) is 20.2 Å². The zero-order chi connectivity index (χ0) is 27.5. The minimum atomic E-state index is -0.132. The Labute approximate surface area is 234 Å². The van der Waals surface area contributed by atoms with Crippen molar-refractivity contribution in [3.8, 4) is 5.75 Å². The quantitative estimate of drug-likeness (QED) is 0.277. The molecule has 0 radical (unpaired) electrons. The molecule has 0 spiro atoms. The first-order valence-corrected chi connectivity index (χ1v) is 14.0. The van der Waals surface area contributed by atoms with Gasteiger partial charge in [0.1, 0.15) is 5.75 Å². The number of carbonyl (C=O) groups excluding carboxylic acids is 1. The number of carbonyl (C=O) groups is 1. The molecule has 1 aromatic heterocycles. The van der Waals surface area contributed by atoms with E-state index in [4.69, 9.17) is 15.6 Å². The van der Waals surface area contributed by atoms with Gasteiger partial charge in [-0.25, -0.2) is 0 Å². The number of fused-ring (bicyclic) bond motifs is 3. The highest BCUT2D eigenvalue weighted by Crippen LogP contribution is 2.31. The minimum absolute atomic E-state index is 0.132. The van der Waals surface area contributed by atoms with Gasteiger partial charge < -0.3 is 15.8 Å². The molecule has 0 saturated carbocycles. The van der Waals surface area contributed by atoms with Gasteiger partial charge in [-0.1, -0.05) is 72.8 Å². The van der Waals surface area contributed by atoms with Crippen LogP contribution >= 0.6 is 0 Å². The third kappa shape index (κ3) is 5.06. The van der Waals surface area contributed by atoms with Gasteiger partial charge in [-0.05, 0) is 46.3 Å². The van der Waals surface area contributed by atoms with Crippen LogP contribution in [-0.4, -0.2) is 40.8 Å². The zero-order valence-electron chi connectivity index (χ0n) is 22.9. The van der Waals surface area contributed by atoms with E-state index in [9.17, 15) is 4.79 Å². The lowest BCUT2D eigenvalue weighted by Gasteiger charge is -2.28. The summed E-state index contributed by atoms with van der Waals surface area (Å²) in [5.74, 6) is 0.749. The molecule has 0 aliphatic carbocycles. The standard InChI is InChI=1S/C33H35N5O2/c1-40-31-15-14-25(27-12-4-5-13-28(27)31)21-37-19-16-30-29(22-37)32(36-38(30)18-7-17-34)33(39)35-20-24-10-6-9-23-8-2-3-11-26(23)24/h2-6,8-15H,7,16-22,34H2,1H3,(H,35,39). The SMILES string of the molecule is COc1ccc(CN2CCc3c(c(C(=O)NCc4cccc5ccccc45)nn3CCCN)C2)c2ccccc12. The van der Waals surface area contributed by atoms with Crippen molar-refractivity contribution in [1.29, 1.82) is 0 Å². The van der Waals surface area contributed by atoms with Gasteiger partial charge in [0.15, 0.2) is 5.69 Å². The van der Waals surface area contributed by atoms with Crippen molar-refractivity contribution >= 4 is 27.5 Å². The fourth-order valence-electron chi connectivity index (χ4n) is 5.89. The first kappa shape index (κ1) is 26.0. The van der Waals surface area contributed by atoms with E-state index in [1.165, 1.54) is 16.3 Å². The Bertz CT molecular complexity index is 1670. The summed E-state index contributed by atoms with van der Waals surface area (Å²) in [6, 6.07) is 27.0. The van der Waals surface area contributed by atoms with Crippen LogP contribution in [0.4, 0.5) is 0 Å². The molecule has 0 fully saturated rings. The molecular weight excluding hydrogens is 498 g/mol. The number of hydrogen-bond donors (Lipinski definition) is 2. The number of benzene rings is 4. The van der Waals surface area contributed by atoms with E-state index in [-0.39, 0.29) is 5.91 Å². The Morgan fingerprint density at radius 3 is 2.55 bits per heavy atom. The van der Waals surface area contributed by atoms with E-state index in [1.807, 2.05) is 35.0 Å². The Kier molecular flexibility index (Phi) is 7.49. The van der Waals surface area contributed by atoms with Gasteiger partial charge in [-0.2, -0.15) is 5.10 Å². The molecule has 2 heterocycles. The number of nitrogens with two attached hydrogens (primary N) is 1. The van der Waals surface area contributed by atoms with Crippen LogP contribution in [0.15, 0.2) is 78.9 Å². The molecule has 0 atom stereocenters. The van der Waals surface area contributed by atoms with Crippen molar-refractivity contribution in [3.63, 3.8) is 0 Å². The third-order valence-corrected chi connectivity index (χ3v) is 7.91. The lowest BCUT2D eigenvalue weighted by molar-refractivity contribution is 0.0943. The molecule has 1 amide bonds. The van der Waals surface area contributed by atoms with Gasteiger partial charge >= 0.3 is 0 Å². The molecular formula is C33H35N5O2. The van der Waals surface area contributed by atoms with Crippen LogP contribution in [0.5, 0.6) is 5.75 Å². The summed E-state index contributed by atoms with van der Waals surface area (Å²) in [6.45, 7) is 4.13. The summed E-state index contributed by atoms with van der Waals surface area (Å²) in [7, 11) is 1.71. The topological polar surface area (TPSA) is 85.4 Å². The van der Waals surface area contributed by atoms with Crippen LogP contribution in [0.1, 0.15) is 39.3 Å². The number of hydrogen-bond acceptors (Lipinski definition) is 5. The number of nitrogens with one attached hydrogen (secondary N) is 1. The zero-order valence-corrected chi connectivity index (χ0v) is 22.9. The monoisotopic (exact) mass is 533 g/mol. The molecule has 7 heteroatoms. The first-order valence-electron chi connectivity index (χ1n) is 14.0. The molecule has 1 aliphatic heterocycles. The Hall–Kier alpha value is -4.20. The van der Waals surface area contributed by atoms with Crippen molar-refractivity contribution in [3.05, 3.63) is 107 Å². The van der Waals surface area contributed by atoms with Gasteiger partial charge in [0.05, 0.1) is 7.11 Å². The highest BCUT2D eigenvalue weighted by Gasteiger charge is 2.28. The van der Waals surface area contributed by atoms with Crippen LogP contribution in [0.3, 0.4) is 0 Å². The summed E-state index contributed by atoms with van der Waals surface area (Å²) in [6.07, 6.45) is 1.67. The lowest BCUT2D eigenvalue weighted by Crippen LogP contribution is -2.32. The Morgan fingerprint density at radius 1 is 0.950 bits per heavy atom. The average Bonchev–Trinajstić information content (AvgIpc) is 3.36. The number of methoxy groups -OCH3 is 1. The number of aryl methyl sites for hydroxylation is 1. The fraction of sp³-hybridized carbons (Fsp3) is 0.273. The van der Waals surface area contributed by atoms with Crippen molar-refractivity contribution in [1.82, 2.24) is 20.0 Å². The second-order valence-electron chi connectivity index (χ2n) is 10.4. The Morgan fingerprint density at radius 2 is 1.73 bits per heavy atom. The fourth-order valence-corrected chi connectivity index (χ4v) is 5.89. The van der Waals surface area contributed by atoms with Crippen molar-refractivity contribution in [2.45, 2.75) is 39.0 Å². The smallest absolute Gasteiger partial charge is 0.272 e. The van der Waals surface area contributed by atoms with Crippen molar-refractivity contribution in [2.24, 2.45) is 5.73 Å². The van der Waals surface area contributed by atoms with Crippen LogP contribution in [0.25, 0.3) is 21.5 Å². The highest BCUT2D eigenvalue weighted by atomic mass is 16.5. The summed E-state index contributed by atoms with van der Waals surface area (Å²) in [5, 5.41) is 12.6. The molecule has 6 rings (SSSR count). The van der Waals surface area contributed by atoms with Gasteiger partial charge in [-0.3, -0.25) is 14.4 Å². The van der Waals surface area contributed by atoms with E-state index in [2.05, 4.69) is 58.7 Å². The maximum atomic E-state index is 13.6. The second kappa shape index (κ2) is 11.5. The molecule has 204 valence electrons. The lowest BCUT2D eigenvalue weighted by atomic mass is 10.0. The predicted molar refractivity (Wildman–Crippen MR) is 159 cm³/mol. The molecule has 3 N–H and O–H groups in total. The van der Waals surface area contributed by atoms with E-state index < -0.39 is 0 Å². The molecule has 5 aromatic rings. The number of aromatic nitrogens is 2. The maximum Gasteiger partial charge on any atom is 0.272 e. The molecule has 4 aromatic carbocycles. The molecule has 1 aliphatic rings. The number of ether oxygens (including phenoxy) is 1. The number of nitrogens with zero attached hydrogens (tertiary/aromatic N) is 3. The highest BCUT2D eigenvalue weighted by molar-refractivity contribution is 5.95. The van der Waals surface area contributed by atoms with E-state index in [0.29, 0.717) is 25.3 Å². The molecule has 7 nitrogen and oxygen atoms in total. The summed E-state index contributed by atoms with van der Waals surface area (Å²) in [5.41, 5.74) is 10.9. The van der Waals surface area contributed by atoms with Gasteiger partial charge in [0.25, 0.3) is 5.91 Å². The van der Waals surface area contributed by atoms with E-state index >= 15 is 0 Å². The largest absolute Gasteiger partial charge is 0.496 e. The molecule has 0 unspecified atom stereocenters. The van der Waals surface area contributed by atoms with E-state index in [1.54, 1.807) is 7.11 Å². The molecule has 0 bridgehead atoms. The maximum absolute atomic E-state index is 13.6. The normalized spacial score (nSPS) is 13.4. The second-order valence-corrected chi connectivity index (χ2v) is 10.4. The van der Waals surface area contributed by atoms with Crippen molar-refractivity contribution < 1.29 is 9.53 Å². The van der Waals surface area contributed by atoms with Crippen LogP contribution in [0, 0.1) is 0 Å². The summed E-state index contributed by atoms with van der Waals surface area (Å²) < 4.78 is 7.61. The third-order valence-electron chi connectivity index (χ3n) is 7.91. The predicted octanol–water partition coefficient (Wildman–Crippen LogP) is 5.04. The van der Waals surface area contributed by atoms with Gasteiger partial charge in [-0.15, -0.1) is 0 Å². The number of rotatable bonds is 9.